The summed E-state index contributed by atoms with van der Waals surface area (Å²) in [6, 6.07) is 7.15. The van der Waals surface area contributed by atoms with Crippen LogP contribution in [0.25, 0.3) is 0 Å². The van der Waals surface area contributed by atoms with E-state index in [0.29, 0.717) is 12.5 Å². The minimum Gasteiger partial charge on any atom is -0.326 e. The van der Waals surface area contributed by atoms with Crippen molar-refractivity contribution in [3.05, 3.63) is 39.9 Å². The van der Waals surface area contributed by atoms with Crippen LogP contribution in [0.3, 0.4) is 0 Å². The number of hydrogen-bond donors (Lipinski definition) is 3. The summed E-state index contributed by atoms with van der Waals surface area (Å²) >= 11 is 0. The van der Waals surface area contributed by atoms with E-state index in [4.69, 9.17) is 11.5 Å². The van der Waals surface area contributed by atoms with Gasteiger partial charge in [0.15, 0.2) is 0 Å². The molecule has 5 N–H and O–H groups in total. The molecule has 3 atom stereocenters. The lowest BCUT2D eigenvalue weighted by atomic mass is 9.91. The molecule has 1 saturated carbocycles. The van der Waals surface area contributed by atoms with Gasteiger partial charge in [0.1, 0.15) is 0 Å². The molecule has 0 heterocycles. The van der Waals surface area contributed by atoms with Gasteiger partial charge >= 0.3 is 0 Å². The zero-order valence-electron chi connectivity index (χ0n) is 13.4. The van der Waals surface area contributed by atoms with Crippen LogP contribution in [0.2, 0.25) is 0 Å². The first-order valence-electron chi connectivity index (χ1n) is 7.54. The van der Waals surface area contributed by atoms with Crippen LogP contribution in [0, 0.1) is 10.1 Å². The van der Waals surface area contributed by atoms with E-state index in [2.05, 4.69) is 5.32 Å². The van der Waals surface area contributed by atoms with Gasteiger partial charge in [0.2, 0.25) is 0 Å². The fraction of sp³-hybridized carbons (Fsp3) is 0.600. The molecule has 0 aromatic heterocycles. The summed E-state index contributed by atoms with van der Waals surface area (Å²) in [7, 11) is 0. The normalized spacial score (nSPS) is 20.8. The second kappa shape index (κ2) is 12.7. The van der Waals surface area contributed by atoms with Gasteiger partial charge in [-0.25, -0.2) is 0 Å². The fourth-order valence-corrected chi connectivity index (χ4v) is 2.84. The number of nitrogens with two attached hydrogens (primary N) is 2. The molecule has 0 bridgehead atoms. The van der Waals surface area contributed by atoms with Crippen LogP contribution in [-0.2, 0) is 6.42 Å². The minimum atomic E-state index is -0.393. The van der Waals surface area contributed by atoms with Gasteiger partial charge in [-0.15, -0.1) is 37.2 Å². The standard InChI is InChI=1S/C15H24N4O2.3ClH/c16-12(10-18-15-4-2-1-3-14(15)17)9-11-5-7-13(8-6-11)19(20)21;;;/h5-8,12,14-15,18H,1-4,9-10,16-17H2;3*1H/t12-,14+,15+;;;/m1.../s1. The molecule has 2 rings (SSSR count). The molecule has 1 aromatic carbocycles. The molecule has 9 heteroatoms. The van der Waals surface area contributed by atoms with Crippen LogP contribution < -0.4 is 16.8 Å². The second-order valence-corrected chi connectivity index (χ2v) is 5.85. The number of nitro benzene ring substituents is 1. The molecule has 0 unspecified atom stereocenters. The van der Waals surface area contributed by atoms with Gasteiger partial charge in [0, 0.05) is 36.8 Å². The summed E-state index contributed by atoms with van der Waals surface area (Å²) in [6.07, 6.45) is 5.34. The number of rotatable bonds is 6. The summed E-state index contributed by atoms with van der Waals surface area (Å²) in [6.45, 7) is 0.718. The van der Waals surface area contributed by atoms with Gasteiger partial charge < -0.3 is 16.8 Å². The molecular formula is C15H27Cl3N4O2. The molecule has 6 nitrogen and oxygen atoms in total. The van der Waals surface area contributed by atoms with E-state index in [9.17, 15) is 10.1 Å². The smallest absolute Gasteiger partial charge is 0.269 e. The quantitative estimate of drug-likeness (QED) is 0.501. The van der Waals surface area contributed by atoms with Gasteiger partial charge in [0.05, 0.1) is 4.92 Å². The third kappa shape index (κ3) is 7.96. The molecule has 1 fully saturated rings. The maximum absolute atomic E-state index is 10.6. The molecule has 1 aliphatic carbocycles. The lowest BCUT2D eigenvalue weighted by Crippen LogP contribution is -2.50. The monoisotopic (exact) mass is 400 g/mol. The number of halogens is 3. The first kappa shape index (κ1) is 25.6. The lowest BCUT2D eigenvalue weighted by Gasteiger charge is -2.30. The molecule has 0 radical (unpaired) electrons. The Morgan fingerprint density at radius 3 is 2.29 bits per heavy atom. The number of hydrogen-bond acceptors (Lipinski definition) is 5. The largest absolute Gasteiger partial charge is 0.326 e. The molecule has 140 valence electrons. The maximum Gasteiger partial charge on any atom is 0.269 e. The zero-order chi connectivity index (χ0) is 15.2. The zero-order valence-corrected chi connectivity index (χ0v) is 15.9. The van der Waals surface area contributed by atoms with Gasteiger partial charge in [-0.3, -0.25) is 10.1 Å². The molecule has 0 amide bonds. The van der Waals surface area contributed by atoms with Gasteiger partial charge in [-0.2, -0.15) is 0 Å². The van der Waals surface area contributed by atoms with Crippen molar-refractivity contribution in [2.45, 2.75) is 50.2 Å². The lowest BCUT2D eigenvalue weighted by molar-refractivity contribution is -0.384. The van der Waals surface area contributed by atoms with Crippen LogP contribution in [0.1, 0.15) is 31.2 Å². The van der Waals surface area contributed by atoms with Crippen molar-refractivity contribution in [3.8, 4) is 0 Å². The number of benzene rings is 1. The van der Waals surface area contributed by atoms with Crippen LogP contribution >= 0.6 is 37.2 Å². The molecule has 1 aliphatic rings. The van der Waals surface area contributed by atoms with Crippen molar-refractivity contribution >= 4 is 42.9 Å². The molecule has 1 aromatic rings. The number of nitrogens with zero attached hydrogens (tertiary/aromatic N) is 1. The van der Waals surface area contributed by atoms with Crippen molar-refractivity contribution in [1.82, 2.24) is 5.32 Å². The van der Waals surface area contributed by atoms with Crippen molar-refractivity contribution in [3.63, 3.8) is 0 Å². The molecular weight excluding hydrogens is 375 g/mol. The second-order valence-electron chi connectivity index (χ2n) is 5.85. The highest BCUT2D eigenvalue weighted by atomic mass is 35.5. The Morgan fingerprint density at radius 1 is 1.17 bits per heavy atom. The summed E-state index contributed by atoms with van der Waals surface area (Å²) in [5.41, 5.74) is 13.4. The Labute approximate surface area is 161 Å². The predicted molar refractivity (Wildman–Crippen MR) is 105 cm³/mol. The maximum atomic E-state index is 10.6. The van der Waals surface area contributed by atoms with Crippen molar-refractivity contribution in [2.24, 2.45) is 11.5 Å². The fourth-order valence-electron chi connectivity index (χ4n) is 2.84. The Morgan fingerprint density at radius 2 is 1.75 bits per heavy atom. The average molecular weight is 402 g/mol. The van der Waals surface area contributed by atoms with E-state index >= 15 is 0 Å². The summed E-state index contributed by atoms with van der Waals surface area (Å²) in [4.78, 5) is 10.2. The van der Waals surface area contributed by atoms with Crippen molar-refractivity contribution in [1.29, 1.82) is 0 Å². The van der Waals surface area contributed by atoms with Gasteiger partial charge in [0.25, 0.3) is 5.69 Å². The van der Waals surface area contributed by atoms with Gasteiger partial charge in [-0.05, 0) is 24.8 Å². The Hall–Kier alpha value is -0.630. The molecule has 0 spiro atoms. The Bertz CT molecular complexity index is 476. The van der Waals surface area contributed by atoms with E-state index in [1.807, 2.05) is 0 Å². The summed E-state index contributed by atoms with van der Waals surface area (Å²) in [5.74, 6) is 0. The van der Waals surface area contributed by atoms with Crippen molar-refractivity contribution in [2.75, 3.05) is 6.54 Å². The van der Waals surface area contributed by atoms with Crippen molar-refractivity contribution < 1.29 is 4.92 Å². The van der Waals surface area contributed by atoms with Crippen LogP contribution in [0.15, 0.2) is 24.3 Å². The third-order valence-corrected chi connectivity index (χ3v) is 4.11. The van der Waals surface area contributed by atoms with E-state index in [-0.39, 0.29) is 55.0 Å². The number of non-ortho nitro benzene ring substituents is 1. The molecule has 0 aliphatic heterocycles. The van der Waals surface area contributed by atoms with Gasteiger partial charge in [-0.1, -0.05) is 25.0 Å². The Balaban J connectivity index is 0. The highest BCUT2D eigenvalue weighted by Crippen LogP contribution is 2.17. The average Bonchev–Trinajstić information content (AvgIpc) is 2.47. The van der Waals surface area contributed by atoms with E-state index in [1.165, 1.54) is 25.0 Å². The minimum absolute atomic E-state index is 0. The van der Waals surface area contributed by atoms with E-state index in [1.54, 1.807) is 12.1 Å². The third-order valence-electron chi connectivity index (χ3n) is 4.11. The van der Waals surface area contributed by atoms with Crippen LogP contribution in [-0.4, -0.2) is 29.6 Å². The topological polar surface area (TPSA) is 107 Å². The predicted octanol–water partition coefficient (Wildman–Crippen LogP) is 2.59. The Kier molecular flexibility index (Phi) is 13.5. The van der Waals surface area contributed by atoms with E-state index < -0.39 is 4.92 Å². The van der Waals surface area contributed by atoms with E-state index in [0.717, 1.165) is 24.9 Å². The first-order chi connectivity index (χ1) is 10.1. The summed E-state index contributed by atoms with van der Waals surface area (Å²) in [5, 5.41) is 14.1. The molecule has 24 heavy (non-hydrogen) atoms. The molecule has 0 saturated heterocycles. The highest BCUT2D eigenvalue weighted by Gasteiger charge is 2.21. The first-order valence-corrected chi connectivity index (χ1v) is 7.54. The summed E-state index contributed by atoms with van der Waals surface area (Å²) < 4.78 is 0. The SMILES string of the molecule is Cl.Cl.Cl.N[C@@H](CN[C@H]1CCCC[C@@H]1N)Cc1ccc([N+](=O)[O-])cc1. The van der Waals surface area contributed by atoms with Crippen LogP contribution in [0.4, 0.5) is 5.69 Å². The number of nitro groups is 1. The highest BCUT2D eigenvalue weighted by molar-refractivity contribution is 5.86. The van der Waals surface area contributed by atoms with Crippen LogP contribution in [0.5, 0.6) is 0 Å². The number of nitrogens with one attached hydrogen (secondary N) is 1.